The van der Waals surface area contributed by atoms with Crippen LogP contribution in [0, 0.1) is 6.92 Å². The molecule has 1 aromatic heterocycles. The first-order valence-corrected chi connectivity index (χ1v) is 4.27. The zero-order valence-corrected chi connectivity index (χ0v) is 8.01. The number of hydroxylamine groups is 2. The van der Waals surface area contributed by atoms with E-state index in [4.69, 9.17) is 4.84 Å². The van der Waals surface area contributed by atoms with Gasteiger partial charge >= 0.3 is 0 Å². The first-order valence-electron chi connectivity index (χ1n) is 3.39. The summed E-state index contributed by atoms with van der Waals surface area (Å²) in [5.41, 5.74) is 2.39. The molecule has 1 rings (SSSR count). The number of carbonyl (C=O) groups is 1. The normalized spacial score (nSPS) is 9.92. The molecule has 1 amide bonds. The monoisotopic (exact) mass is 186 g/mol. The average Bonchev–Trinajstić information content (AvgIpc) is 2.48. The van der Waals surface area contributed by atoms with E-state index in [2.05, 4.69) is 4.98 Å². The van der Waals surface area contributed by atoms with E-state index >= 15 is 0 Å². The van der Waals surface area contributed by atoms with Gasteiger partial charge in [0, 0.05) is 7.05 Å². The Balaban J connectivity index is 2.85. The van der Waals surface area contributed by atoms with Gasteiger partial charge in [-0.1, -0.05) is 0 Å². The molecule has 0 aliphatic heterocycles. The van der Waals surface area contributed by atoms with Gasteiger partial charge in [0.2, 0.25) is 0 Å². The van der Waals surface area contributed by atoms with Crippen molar-refractivity contribution in [1.82, 2.24) is 10.0 Å². The molecule has 0 unspecified atom stereocenters. The summed E-state index contributed by atoms with van der Waals surface area (Å²) in [6.45, 7) is 1.80. The molecule has 12 heavy (non-hydrogen) atoms. The van der Waals surface area contributed by atoms with E-state index in [0.717, 1.165) is 5.69 Å². The number of hydrogen-bond acceptors (Lipinski definition) is 4. The van der Waals surface area contributed by atoms with Gasteiger partial charge in [-0.2, -0.15) is 0 Å². The minimum Gasteiger partial charge on any atom is -0.274 e. The maximum Gasteiger partial charge on any atom is 0.289 e. The molecule has 0 saturated heterocycles. The number of carbonyl (C=O) groups excluding carboxylic acids is 1. The number of amides is 1. The minimum atomic E-state index is -0.155. The molecule has 4 nitrogen and oxygen atoms in total. The smallest absolute Gasteiger partial charge is 0.274 e. The zero-order chi connectivity index (χ0) is 9.14. The quantitative estimate of drug-likeness (QED) is 0.649. The Bertz CT molecular complexity index is 285. The molecular formula is C7H10N2O2S. The molecule has 1 aromatic rings. The lowest BCUT2D eigenvalue weighted by Gasteiger charge is -2.11. The summed E-state index contributed by atoms with van der Waals surface area (Å²) < 4.78 is 0. The minimum absolute atomic E-state index is 0.155. The highest BCUT2D eigenvalue weighted by molar-refractivity contribution is 7.11. The van der Waals surface area contributed by atoms with Crippen molar-refractivity contribution in [2.24, 2.45) is 0 Å². The molecule has 0 radical (unpaired) electrons. The summed E-state index contributed by atoms with van der Waals surface area (Å²) in [4.78, 5) is 20.8. The maximum absolute atomic E-state index is 11.4. The number of rotatable bonds is 2. The highest BCUT2D eigenvalue weighted by Gasteiger charge is 2.15. The third-order valence-electron chi connectivity index (χ3n) is 1.50. The van der Waals surface area contributed by atoms with Crippen LogP contribution in [0.4, 0.5) is 0 Å². The van der Waals surface area contributed by atoms with Crippen LogP contribution in [-0.4, -0.2) is 30.1 Å². The molecule has 0 aliphatic rings. The van der Waals surface area contributed by atoms with Crippen molar-refractivity contribution in [3.8, 4) is 0 Å². The van der Waals surface area contributed by atoms with Crippen LogP contribution in [0.25, 0.3) is 0 Å². The van der Waals surface area contributed by atoms with Gasteiger partial charge < -0.3 is 0 Å². The van der Waals surface area contributed by atoms with E-state index in [9.17, 15) is 4.79 Å². The predicted molar refractivity (Wildman–Crippen MR) is 46.0 cm³/mol. The van der Waals surface area contributed by atoms with Gasteiger partial charge in [-0.15, -0.1) is 11.3 Å². The highest BCUT2D eigenvalue weighted by Crippen LogP contribution is 2.13. The van der Waals surface area contributed by atoms with Crippen LogP contribution in [0.2, 0.25) is 0 Å². The number of thiazole rings is 1. The Morgan fingerprint density at radius 2 is 2.42 bits per heavy atom. The molecule has 0 bridgehead atoms. The summed E-state index contributed by atoms with van der Waals surface area (Å²) in [6, 6.07) is 0. The Labute approximate surface area is 74.7 Å². The van der Waals surface area contributed by atoms with Crippen molar-refractivity contribution in [2.75, 3.05) is 14.2 Å². The molecule has 66 valence electrons. The topological polar surface area (TPSA) is 42.4 Å². The summed E-state index contributed by atoms with van der Waals surface area (Å²) in [5.74, 6) is -0.155. The van der Waals surface area contributed by atoms with E-state index in [-0.39, 0.29) is 5.91 Å². The molecule has 0 fully saturated rings. The number of aryl methyl sites for hydroxylation is 1. The van der Waals surface area contributed by atoms with Crippen LogP contribution in [-0.2, 0) is 4.84 Å². The summed E-state index contributed by atoms with van der Waals surface area (Å²) in [5, 5.41) is 1.18. The van der Waals surface area contributed by atoms with E-state index in [0.29, 0.717) is 4.88 Å². The Morgan fingerprint density at radius 1 is 1.75 bits per heavy atom. The van der Waals surface area contributed by atoms with Crippen LogP contribution in [0.5, 0.6) is 0 Å². The summed E-state index contributed by atoms with van der Waals surface area (Å²) >= 11 is 1.32. The number of hydrogen-bond donors (Lipinski definition) is 0. The second-order valence-corrected chi connectivity index (χ2v) is 3.11. The van der Waals surface area contributed by atoms with Crippen molar-refractivity contribution in [3.05, 3.63) is 16.1 Å². The van der Waals surface area contributed by atoms with Gasteiger partial charge in [0.1, 0.15) is 4.88 Å². The van der Waals surface area contributed by atoms with E-state index < -0.39 is 0 Å². The largest absolute Gasteiger partial charge is 0.289 e. The Morgan fingerprint density at radius 3 is 2.83 bits per heavy atom. The molecule has 0 aromatic carbocycles. The fourth-order valence-corrected chi connectivity index (χ4v) is 1.50. The van der Waals surface area contributed by atoms with Crippen molar-refractivity contribution in [1.29, 1.82) is 0 Å². The van der Waals surface area contributed by atoms with Crippen LogP contribution >= 0.6 is 11.3 Å². The Kier molecular flexibility index (Phi) is 2.78. The first kappa shape index (κ1) is 9.15. The lowest BCUT2D eigenvalue weighted by atomic mass is 10.4. The fraction of sp³-hybridized carbons (Fsp3) is 0.429. The van der Waals surface area contributed by atoms with Gasteiger partial charge in [0.05, 0.1) is 18.3 Å². The third-order valence-corrected chi connectivity index (χ3v) is 2.42. The molecular weight excluding hydrogens is 176 g/mol. The molecule has 0 saturated carbocycles. The number of nitrogens with zero attached hydrogens (tertiary/aromatic N) is 2. The average molecular weight is 186 g/mol. The Hall–Kier alpha value is -0.940. The van der Waals surface area contributed by atoms with Gasteiger partial charge in [0.25, 0.3) is 5.91 Å². The first-order chi connectivity index (χ1) is 5.66. The van der Waals surface area contributed by atoms with Crippen LogP contribution in [0.15, 0.2) is 5.51 Å². The standard InChI is InChI=1S/C7H10N2O2S/c1-5-6(12-4-8-5)7(10)9(2)11-3/h4H,1-3H3. The SMILES string of the molecule is CON(C)C(=O)c1scnc1C. The second kappa shape index (κ2) is 3.64. The fourth-order valence-electron chi connectivity index (χ4n) is 0.733. The maximum atomic E-state index is 11.4. The zero-order valence-electron chi connectivity index (χ0n) is 7.20. The van der Waals surface area contributed by atoms with E-state index in [1.165, 1.54) is 23.5 Å². The second-order valence-electron chi connectivity index (χ2n) is 2.25. The van der Waals surface area contributed by atoms with Crippen molar-refractivity contribution in [3.63, 3.8) is 0 Å². The van der Waals surface area contributed by atoms with Gasteiger partial charge in [-0.3, -0.25) is 9.63 Å². The lowest BCUT2D eigenvalue weighted by molar-refractivity contribution is -0.0754. The van der Waals surface area contributed by atoms with Crippen LogP contribution < -0.4 is 0 Å². The number of aromatic nitrogens is 1. The molecule has 0 spiro atoms. The predicted octanol–water partition coefficient (Wildman–Crippen LogP) is 1.08. The molecule has 5 heteroatoms. The highest BCUT2D eigenvalue weighted by atomic mass is 32.1. The molecule has 1 heterocycles. The van der Waals surface area contributed by atoms with Crippen molar-refractivity contribution < 1.29 is 9.63 Å². The van der Waals surface area contributed by atoms with Gasteiger partial charge in [0.15, 0.2) is 0 Å². The lowest BCUT2D eigenvalue weighted by Crippen LogP contribution is -2.25. The summed E-state index contributed by atoms with van der Waals surface area (Å²) in [6.07, 6.45) is 0. The van der Waals surface area contributed by atoms with E-state index in [1.54, 1.807) is 19.5 Å². The molecule has 0 N–H and O–H groups in total. The van der Waals surface area contributed by atoms with Crippen molar-refractivity contribution >= 4 is 17.2 Å². The van der Waals surface area contributed by atoms with Crippen LogP contribution in [0.1, 0.15) is 15.4 Å². The van der Waals surface area contributed by atoms with Crippen molar-refractivity contribution in [2.45, 2.75) is 6.92 Å². The van der Waals surface area contributed by atoms with Gasteiger partial charge in [-0.25, -0.2) is 10.0 Å². The molecule has 0 atom stereocenters. The summed E-state index contributed by atoms with van der Waals surface area (Å²) in [7, 11) is 3.02. The molecule has 0 aliphatic carbocycles. The van der Waals surface area contributed by atoms with E-state index in [1.807, 2.05) is 0 Å². The van der Waals surface area contributed by atoms with Crippen LogP contribution in [0.3, 0.4) is 0 Å². The van der Waals surface area contributed by atoms with Gasteiger partial charge in [-0.05, 0) is 6.92 Å². The third kappa shape index (κ3) is 1.62.